The van der Waals surface area contributed by atoms with Gasteiger partial charge in [0, 0.05) is 33.9 Å². The summed E-state index contributed by atoms with van der Waals surface area (Å²) >= 11 is 0. The second kappa shape index (κ2) is 7.43. The first kappa shape index (κ1) is 18.7. The van der Waals surface area contributed by atoms with Crippen LogP contribution in [0.25, 0.3) is 17.3 Å². The third kappa shape index (κ3) is 3.36. The number of hydrogen-bond acceptors (Lipinski definition) is 3. The maximum Gasteiger partial charge on any atom is 0.338 e. The number of amides is 1. The molecule has 0 atom stereocenters. The van der Waals surface area contributed by atoms with E-state index in [1.807, 2.05) is 56.3 Å². The molecule has 2 heterocycles. The number of aromatic nitrogens is 1. The van der Waals surface area contributed by atoms with E-state index < -0.39 is 0 Å². The first-order chi connectivity index (χ1) is 14.0. The number of nitrogens with zero attached hydrogens (tertiary/aromatic N) is 1. The topological polar surface area (TPSA) is 60.3 Å². The van der Waals surface area contributed by atoms with E-state index in [-0.39, 0.29) is 11.9 Å². The Kier molecular flexibility index (Phi) is 4.80. The predicted molar refractivity (Wildman–Crippen MR) is 114 cm³/mol. The van der Waals surface area contributed by atoms with Crippen LogP contribution in [0.15, 0.2) is 54.6 Å². The Hall–Kier alpha value is -3.60. The van der Waals surface area contributed by atoms with Crippen LogP contribution >= 0.6 is 0 Å². The Morgan fingerprint density at radius 3 is 2.55 bits per heavy atom. The van der Waals surface area contributed by atoms with E-state index in [0.29, 0.717) is 17.7 Å². The number of ether oxygens (including phenoxy) is 1. The summed E-state index contributed by atoms with van der Waals surface area (Å²) in [5.74, 6) is -0.411. The Bertz CT molecular complexity index is 1140. The van der Waals surface area contributed by atoms with Crippen LogP contribution in [0.1, 0.15) is 39.8 Å². The van der Waals surface area contributed by atoms with Crippen LogP contribution < -0.4 is 5.32 Å². The normalized spacial score (nSPS) is 14.0. The highest BCUT2D eigenvalue weighted by Gasteiger charge is 2.24. The highest BCUT2D eigenvalue weighted by atomic mass is 16.5. The monoisotopic (exact) mass is 386 g/mol. The number of fused-ring (bicyclic) bond motifs is 1. The highest BCUT2D eigenvalue weighted by Crippen LogP contribution is 2.34. The molecule has 29 heavy (non-hydrogen) atoms. The van der Waals surface area contributed by atoms with Crippen molar-refractivity contribution < 1.29 is 14.3 Å². The van der Waals surface area contributed by atoms with Gasteiger partial charge in [0.25, 0.3) is 5.91 Å². The largest absolute Gasteiger partial charge is 0.462 e. The van der Waals surface area contributed by atoms with Gasteiger partial charge in [-0.2, -0.15) is 0 Å². The van der Waals surface area contributed by atoms with Crippen molar-refractivity contribution in [1.29, 1.82) is 0 Å². The van der Waals surface area contributed by atoms with Crippen LogP contribution in [0.2, 0.25) is 0 Å². The number of carbonyl (C=O) groups is 2. The zero-order valence-corrected chi connectivity index (χ0v) is 16.7. The van der Waals surface area contributed by atoms with Gasteiger partial charge in [-0.25, -0.2) is 4.79 Å². The Labute approximate surface area is 169 Å². The maximum absolute atomic E-state index is 12.4. The fraction of sp³-hybridized carbons (Fsp3) is 0.167. The summed E-state index contributed by atoms with van der Waals surface area (Å²) in [5, 5.41) is 2.91. The van der Waals surface area contributed by atoms with E-state index in [9.17, 15) is 9.59 Å². The number of para-hydroxylation sites is 1. The minimum absolute atomic E-state index is 0.0882. The molecule has 0 bridgehead atoms. The number of hydrogen-bond donors (Lipinski definition) is 1. The lowest BCUT2D eigenvalue weighted by Crippen LogP contribution is -2.05. The van der Waals surface area contributed by atoms with E-state index in [2.05, 4.69) is 16.0 Å². The molecule has 0 aliphatic carbocycles. The molecule has 5 nitrogen and oxygen atoms in total. The molecule has 1 amide bonds. The molecule has 0 spiro atoms. The van der Waals surface area contributed by atoms with Crippen molar-refractivity contribution in [3.63, 3.8) is 0 Å². The maximum atomic E-state index is 12.4. The molecule has 0 saturated carbocycles. The van der Waals surface area contributed by atoms with Gasteiger partial charge in [-0.1, -0.05) is 18.2 Å². The van der Waals surface area contributed by atoms with Gasteiger partial charge in [-0.3, -0.25) is 4.79 Å². The minimum atomic E-state index is -0.323. The molecule has 0 saturated heterocycles. The molecule has 2 aromatic carbocycles. The van der Waals surface area contributed by atoms with Crippen molar-refractivity contribution in [1.82, 2.24) is 4.57 Å². The molecule has 4 rings (SSSR count). The molecule has 3 aromatic rings. The van der Waals surface area contributed by atoms with Gasteiger partial charge in [0.15, 0.2) is 0 Å². The summed E-state index contributed by atoms with van der Waals surface area (Å²) in [6.07, 6.45) is 1.94. The zero-order chi connectivity index (χ0) is 20.5. The second-order valence-electron chi connectivity index (χ2n) is 6.99. The van der Waals surface area contributed by atoms with Crippen molar-refractivity contribution in [2.45, 2.75) is 20.8 Å². The first-order valence-corrected chi connectivity index (χ1v) is 9.58. The Morgan fingerprint density at radius 1 is 1.10 bits per heavy atom. The standard InChI is InChI=1S/C24H22N2O3/c1-4-29-24(28)17-9-11-19(12-10-17)26-15(2)13-18(16(26)3)14-21-20-7-5-6-8-22(20)25-23(21)27/h5-14H,4H2,1-3H3,(H,25,27)/b21-14-. The molecule has 0 radical (unpaired) electrons. The van der Waals surface area contributed by atoms with Crippen LogP contribution in [0.4, 0.5) is 5.69 Å². The highest BCUT2D eigenvalue weighted by molar-refractivity contribution is 6.34. The summed E-state index contributed by atoms with van der Waals surface area (Å²) in [5.41, 5.74) is 6.96. The number of nitrogens with one attached hydrogen (secondary N) is 1. The van der Waals surface area contributed by atoms with Gasteiger partial charge in [0.2, 0.25) is 0 Å². The summed E-state index contributed by atoms with van der Waals surface area (Å²) in [4.78, 5) is 24.3. The number of carbonyl (C=O) groups excluding carboxylic acids is 2. The van der Waals surface area contributed by atoms with E-state index in [0.717, 1.165) is 33.9 Å². The average molecular weight is 386 g/mol. The minimum Gasteiger partial charge on any atom is -0.462 e. The molecule has 0 fully saturated rings. The predicted octanol–water partition coefficient (Wildman–Crippen LogP) is 4.76. The third-order valence-corrected chi connectivity index (χ3v) is 5.12. The third-order valence-electron chi connectivity index (χ3n) is 5.12. The van der Waals surface area contributed by atoms with Crippen LogP contribution in [-0.4, -0.2) is 23.1 Å². The van der Waals surface area contributed by atoms with Crippen molar-refractivity contribution in [3.8, 4) is 5.69 Å². The first-order valence-electron chi connectivity index (χ1n) is 9.58. The van der Waals surface area contributed by atoms with Gasteiger partial charge in [-0.05, 0) is 68.8 Å². The SMILES string of the molecule is CCOC(=O)c1ccc(-n2c(C)cc(/C=C3\C(=O)Nc4ccccc43)c2C)cc1. The molecule has 1 aliphatic rings. The molecule has 1 N–H and O–H groups in total. The van der Waals surface area contributed by atoms with Gasteiger partial charge in [0.05, 0.1) is 12.2 Å². The van der Waals surface area contributed by atoms with Crippen LogP contribution in [-0.2, 0) is 9.53 Å². The summed E-state index contributed by atoms with van der Waals surface area (Å²) in [7, 11) is 0. The lowest BCUT2D eigenvalue weighted by Gasteiger charge is -2.10. The van der Waals surface area contributed by atoms with Crippen molar-refractivity contribution in [3.05, 3.63) is 82.7 Å². The number of rotatable bonds is 4. The van der Waals surface area contributed by atoms with Crippen LogP contribution in [0.3, 0.4) is 0 Å². The summed E-state index contributed by atoms with van der Waals surface area (Å²) < 4.78 is 7.16. The van der Waals surface area contributed by atoms with E-state index >= 15 is 0 Å². The van der Waals surface area contributed by atoms with Crippen molar-refractivity contribution >= 4 is 29.2 Å². The molecule has 5 heteroatoms. The van der Waals surface area contributed by atoms with Gasteiger partial charge in [-0.15, -0.1) is 0 Å². The molecule has 146 valence electrons. The van der Waals surface area contributed by atoms with Crippen molar-refractivity contribution in [2.75, 3.05) is 11.9 Å². The summed E-state index contributed by atoms with van der Waals surface area (Å²) in [6, 6.07) is 17.1. The second-order valence-corrected chi connectivity index (χ2v) is 6.99. The van der Waals surface area contributed by atoms with E-state index in [1.165, 1.54) is 0 Å². The Balaban J connectivity index is 1.71. The molecule has 1 aromatic heterocycles. The van der Waals surface area contributed by atoms with Gasteiger partial charge in [0.1, 0.15) is 0 Å². The average Bonchev–Trinajstić information content (AvgIpc) is 3.18. The number of aryl methyl sites for hydroxylation is 1. The van der Waals surface area contributed by atoms with Crippen molar-refractivity contribution in [2.24, 2.45) is 0 Å². The summed E-state index contributed by atoms with van der Waals surface area (Å²) in [6.45, 7) is 6.19. The quantitative estimate of drug-likeness (QED) is 0.519. The van der Waals surface area contributed by atoms with E-state index in [4.69, 9.17) is 4.74 Å². The number of anilines is 1. The van der Waals surface area contributed by atoms with Crippen LogP contribution in [0.5, 0.6) is 0 Å². The Morgan fingerprint density at radius 2 is 1.83 bits per heavy atom. The lowest BCUT2D eigenvalue weighted by molar-refractivity contribution is -0.110. The van der Waals surface area contributed by atoms with E-state index in [1.54, 1.807) is 19.1 Å². The fourth-order valence-corrected chi connectivity index (χ4v) is 3.73. The fourth-order valence-electron chi connectivity index (χ4n) is 3.73. The number of esters is 1. The van der Waals surface area contributed by atoms with Gasteiger partial charge < -0.3 is 14.6 Å². The molecule has 1 aliphatic heterocycles. The number of benzene rings is 2. The molecular weight excluding hydrogens is 364 g/mol. The zero-order valence-electron chi connectivity index (χ0n) is 16.7. The molecule has 0 unspecified atom stereocenters. The van der Waals surface area contributed by atoms with Gasteiger partial charge >= 0.3 is 5.97 Å². The van der Waals surface area contributed by atoms with Crippen LogP contribution in [0, 0.1) is 13.8 Å². The smallest absolute Gasteiger partial charge is 0.338 e. The molecular formula is C24H22N2O3. The lowest BCUT2D eigenvalue weighted by atomic mass is 10.0.